The minimum Gasteiger partial charge on any atom is -0.478 e. The van der Waals surface area contributed by atoms with Gasteiger partial charge in [0.15, 0.2) is 0 Å². The second-order valence-corrected chi connectivity index (χ2v) is 5.27. The third kappa shape index (κ3) is 4.50. The van der Waals surface area contributed by atoms with Crippen molar-refractivity contribution in [1.82, 2.24) is 4.90 Å². The summed E-state index contributed by atoms with van der Waals surface area (Å²) in [7, 11) is 0. The Morgan fingerprint density at radius 2 is 2.00 bits per heavy atom. The number of hydrogen-bond donors (Lipinski definition) is 1. The van der Waals surface area contributed by atoms with Crippen molar-refractivity contribution in [3.63, 3.8) is 0 Å². The highest BCUT2D eigenvalue weighted by atomic mass is 16.4. The number of piperidine rings is 1. The molecule has 1 N–H and O–H groups in total. The van der Waals surface area contributed by atoms with E-state index in [1.54, 1.807) is 0 Å². The lowest BCUT2D eigenvalue weighted by Gasteiger charge is -2.33. The van der Waals surface area contributed by atoms with Crippen LogP contribution in [0.3, 0.4) is 0 Å². The van der Waals surface area contributed by atoms with E-state index in [1.165, 1.54) is 12.8 Å². The highest BCUT2D eigenvalue weighted by molar-refractivity contribution is 5.86. The van der Waals surface area contributed by atoms with E-state index in [0.29, 0.717) is 12.0 Å². The molecule has 1 saturated heterocycles. The van der Waals surface area contributed by atoms with Gasteiger partial charge in [-0.15, -0.1) is 0 Å². The molecule has 0 aromatic heterocycles. The molecule has 1 aliphatic rings. The normalized spacial score (nSPS) is 19.9. The number of aliphatic carboxylic acids is 1. The Bertz CT molecular complexity index is 276. The molecule has 17 heavy (non-hydrogen) atoms. The summed E-state index contributed by atoms with van der Waals surface area (Å²) in [6.45, 7) is 9.48. The SMILES string of the molecule is CCC(=CCN1CCC(C(C)C)CC1)C(=O)O. The average molecular weight is 239 g/mol. The van der Waals surface area contributed by atoms with Crippen LogP contribution in [0.25, 0.3) is 0 Å². The van der Waals surface area contributed by atoms with Gasteiger partial charge in [0.25, 0.3) is 0 Å². The Labute approximate surface area is 105 Å². The first-order valence-corrected chi connectivity index (χ1v) is 6.69. The van der Waals surface area contributed by atoms with E-state index in [4.69, 9.17) is 5.11 Å². The molecule has 0 spiro atoms. The van der Waals surface area contributed by atoms with Gasteiger partial charge in [-0.1, -0.05) is 26.8 Å². The molecule has 0 radical (unpaired) electrons. The van der Waals surface area contributed by atoms with Gasteiger partial charge in [-0.2, -0.15) is 0 Å². The van der Waals surface area contributed by atoms with Crippen molar-refractivity contribution in [2.24, 2.45) is 11.8 Å². The first-order chi connectivity index (χ1) is 8.04. The Kier molecular flexibility index (Phi) is 5.69. The molecular weight excluding hydrogens is 214 g/mol. The van der Waals surface area contributed by atoms with Gasteiger partial charge < -0.3 is 5.11 Å². The Morgan fingerprint density at radius 3 is 2.41 bits per heavy atom. The molecule has 0 amide bonds. The lowest BCUT2D eigenvalue weighted by atomic mass is 9.87. The van der Waals surface area contributed by atoms with Crippen LogP contribution < -0.4 is 0 Å². The number of carboxylic acids is 1. The zero-order valence-electron chi connectivity index (χ0n) is 11.3. The maximum atomic E-state index is 10.9. The summed E-state index contributed by atoms with van der Waals surface area (Å²) in [6, 6.07) is 0. The van der Waals surface area contributed by atoms with Crippen molar-refractivity contribution in [2.75, 3.05) is 19.6 Å². The Balaban J connectivity index is 2.38. The summed E-state index contributed by atoms with van der Waals surface area (Å²) in [5.41, 5.74) is 0.538. The molecule has 0 aromatic carbocycles. The zero-order chi connectivity index (χ0) is 12.8. The molecule has 98 valence electrons. The van der Waals surface area contributed by atoms with Crippen LogP contribution in [-0.4, -0.2) is 35.6 Å². The van der Waals surface area contributed by atoms with E-state index >= 15 is 0 Å². The monoisotopic (exact) mass is 239 g/mol. The van der Waals surface area contributed by atoms with E-state index in [0.717, 1.165) is 31.5 Å². The molecule has 1 aliphatic heterocycles. The number of likely N-dealkylation sites (tertiary alicyclic amines) is 1. The van der Waals surface area contributed by atoms with E-state index in [9.17, 15) is 4.79 Å². The lowest BCUT2D eigenvalue weighted by Crippen LogP contribution is -2.35. The summed E-state index contributed by atoms with van der Waals surface area (Å²) >= 11 is 0. The molecule has 1 heterocycles. The molecule has 1 rings (SSSR count). The van der Waals surface area contributed by atoms with Crippen LogP contribution in [0.2, 0.25) is 0 Å². The summed E-state index contributed by atoms with van der Waals surface area (Å²) in [6.07, 6.45) is 4.98. The topological polar surface area (TPSA) is 40.5 Å². The fourth-order valence-corrected chi connectivity index (χ4v) is 2.42. The van der Waals surface area contributed by atoms with Crippen LogP contribution in [0.5, 0.6) is 0 Å². The largest absolute Gasteiger partial charge is 0.478 e. The molecule has 0 bridgehead atoms. The van der Waals surface area contributed by atoms with Crippen LogP contribution in [-0.2, 0) is 4.79 Å². The third-order valence-corrected chi connectivity index (χ3v) is 3.83. The zero-order valence-corrected chi connectivity index (χ0v) is 11.3. The Morgan fingerprint density at radius 1 is 1.41 bits per heavy atom. The smallest absolute Gasteiger partial charge is 0.331 e. The standard InChI is InChI=1S/C14H25NO2/c1-4-12(14(16)17)5-8-15-9-6-13(7-10-15)11(2)3/h5,11,13H,4,6-10H2,1-3H3,(H,16,17). The number of hydrogen-bond acceptors (Lipinski definition) is 2. The van der Waals surface area contributed by atoms with Gasteiger partial charge in [0, 0.05) is 12.1 Å². The molecule has 0 saturated carbocycles. The highest BCUT2D eigenvalue weighted by Gasteiger charge is 2.20. The van der Waals surface area contributed by atoms with Crippen LogP contribution in [0.1, 0.15) is 40.0 Å². The maximum Gasteiger partial charge on any atom is 0.331 e. The van der Waals surface area contributed by atoms with E-state index < -0.39 is 5.97 Å². The van der Waals surface area contributed by atoms with Crippen LogP contribution >= 0.6 is 0 Å². The number of rotatable bonds is 5. The summed E-state index contributed by atoms with van der Waals surface area (Å²) in [5.74, 6) is 0.850. The fourth-order valence-electron chi connectivity index (χ4n) is 2.42. The quantitative estimate of drug-likeness (QED) is 0.750. The molecular formula is C14H25NO2. The molecule has 0 unspecified atom stereocenters. The van der Waals surface area contributed by atoms with Gasteiger partial charge in [-0.25, -0.2) is 4.79 Å². The average Bonchev–Trinajstić information content (AvgIpc) is 2.30. The first kappa shape index (κ1) is 14.2. The van der Waals surface area contributed by atoms with Crippen LogP contribution in [0.15, 0.2) is 11.6 Å². The van der Waals surface area contributed by atoms with E-state index in [2.05, 4.69) is 18.7 Å². The van der Waals surface area contributed by atoms with Crippen molar-refractivity contribution < 1.29 is 9.90 Å². The van der Waals surface area contributed by atoms with Crippen LogP contribution in [0, 0.1) is 11.8 Å². The molecule has 0 aliphatic carbocycles. The molecule has 0 atom stereocenters. The summed E-state index contributed by atoms with van der Waals surface area (Å²) < 4.78 is 0. The molecule has 1 fully saturated rings. The van der Waals surface area contributed by atoms with Gasteiger partial charge in [0.05, 0.1) is 0 Å². The predicted octanol–water partition coefficient (Wildman–Crippen LogP) is 2.78. The van der Waals surface area contributed by atoms with Gasteiger partial charge in [-0.3, -0.25) is 4.90 Å². The van der Waals surface area contributed by atoms with E-state index in [1.807, 2.05) is 13.0 Å². The number of carboxylic acid groups (broad SMARTS) is 1. The van der Waals surface area contributed by atoms with Crippen molar-refractivity contribution in [2.45, 2.75) is 40.0 Å². The van der Waals surface area contributed by atoms with Crippen molar-refractivity contribution >= 4 is 5.97 Å². The van der Waals surface area contributed by atoms with Crippen molar-refractivity contribution in [3.8, 4) is 0 Å². The predicted molar refractivity (Wildman–Crippen MR) is 70.0 cm³/mol. The second kappa shape index (κ2) is 6.80. The first-order valence-electron chi connectivity index (χ1n) is 6.69. The highest BCUT2D eigenvalue weighted by Crippen LogP contribution is 2.24. The number of nitrogens with zero attached hydrogens (tertiary/aromatic N) is 1. The van der Waals surface area contributed by atoms with Crippen molar-refractivity contribution in [1.29, 1.82) is 0 Å². The molecule has 0 aromatic rings. The minimum atomic E-state index is -0.774. The molecule has 3 heteroatoms. The van der Waals surface area contributed by atoms with Gasteiger partial charge >= 0.3 is 5.97 Å². The van der Waals surface area contributed by atoms with Gasteiger partial charge in [0.1, 0.15) is 0 Å². The Hall–Kier alpha value is -0.830. The molecule has 3 nitrogen and oxygen atoms in total. The van der Waals surface area contributed by atoms with Gasteiger partial charge in [0.2, 0.25) is 0 Å². The van der Waals surface area contributed by atoms with Crippen LogP contribution in [0.4, 0.5) is 0 Å². The minimum absolute atomic E-state index is 0.538. The summed E-state index contributed by atoms with van der Waals surface area (Å²) in [5, 5.41) is 8.93. The second-order valence-electron chi connectivity index (χ2n) is 5.27. The van der Waals surface area contributed by atoms with Crippen molar-refractivity contribution in [3.05, 3.63) is 11.6 Å². The van der Waals surface area contributed by atoms with E-state index in [-0.39, 0.29) is 0 Å². The number of carbonyl (C=O) groups is 1. The fraction of sp³-hybridized carbons (Fsp3) is 0.786. The van der Waals surface area contributed by atoms with Gasteiger partial charge in [-0.05, 0) is 44.2 Å². The maximum absolute atomic E-state index is 10.9. The third-order valence-electron chi connectivity index (χ3n) is 3.83. The summed E-state index contributed by atoms with van der Waals surface area (Å²) in [4.78, 5) is 13.2. The lowest BCUT2D eigenvalue weighted by molar-refractivity contribution is -0.132.